The average molecular weight is 241 g/mol. The van der Waals surface area contributed by atoms with E-state index in [2.05, 4.69) is 11.9 Å². The van der Waals surface area contributed by atoms with Crippen molar-refractivity contribution in [1.29, 1.82) is 0 Å². The summed E-state index contributed by atoms with van der Waals surface area (Å²) in [7, 11) is 2.11. The SMILES string of the molecule is CN(Cc1ccc(N)c(Cl)c1)C1CCOC1. The van der Waals surface area contributed by atoms with Crippen LogP contribution in [-0.2, 0) is 11.3 Å². The van der Waals surface area contributed by atoms with Crippen molar-refractivity contribution in [3.05, 3.63) is 28.8 Å². The number of likely N-dealkylation sites (N-methyl/N-ethyl adjacent to an activating group) is 1. The predicted molar refractivity (Wildman–Crippen MR) is 66.6 cm³/mol. The normalized spacial score (nSPS) is 20.6. The Morgan fingerprint density at radius 1 is 1.56 bits per heavy atom. The van der Waals surface area contributed by atoms with Crippen molar-refractivity contribution in [3.63, 3.8) is 0 Å². The molecule has 1 fully saturated rings. The zero-order chi connectivity index (χ0) is 11.5. The molecule has 16 heavy (non-hydrogen) atoms. The van der Waals surface area contributed by atoms with Gasteiger partial charge in [-0.1, -0.05) is 17.7 Å². The number of nitrogens with two attached hydrogens (primary N) is 1. The summed E-state index contributed by atoms with van der Waals surface area (Å²) in [6, 6.07) is 6.34. The molecule has 1 aliphatic rings. The molecule has 0 aliphatic carbocycles. The van der Waals surface area contributed by atoms with Crippen molar-refractivity contribution >= 4 is 17.3 Å². The number of anilines is 1. The zero-order valence-corrected chi connectivity index (χ0v) is 10.2. The average Bonchev–Trinajstić information content (AvgIpc) is 2.77. The minimum absolute atomic E-state index is 0.524. The maximum absolute atomic E-state index is 5.99. The molecule has 2 N–H and O–H groups in total. The van der Waals surface area contributed by atoms with Crippen LogP contribution in [0, 0.1) is 0 Å². The number of hydrogen-bond acceptors (Lipinski definition) is 3. The van der Waals surface area contributed by atoms with Crippen LogP contribution in [-0.4, -0.2) is 31.2 Å². The van der Waals surface area contributed by atoms with Gasteiger partial charge in [-0.05, 0) is 31.2 Å². The van der Waals surface area contributed by atoms with Crippen LogP contribution in [0.5, 0.6) is 0 Å². The van der Waals surface area contributed by atoms with Gasteiger partial charge in [0.2, 0.25) is 0 Å². The third kappa shape index (κ3) is 2.67. The summed E-state index contributed by atoms with van der Waals surface area (Å²) in [6.07, 6.45) is 1.11. The Hall–Kier alpha value is -0.770. The van der Waals surface area contributed by atoms with Crippen LogP contribution in [0.15, 0.2) is 18.2 Å². The van der Waals surface area contributed by atoms with Gasteiger partial charge in [-0.25, -0.2) is 0 Å². The maximum atomic E-state index is 5.99. The van der Waals surface area contributed by atoms with Gasteiger partial charge in [0.05, 0.1) is 17.3 Å². The first-order valence-corrected chi connectivity index (χ1v) is 5.86. The number of nitrogen functional groups attached to an aromatic ring is 1. The molecule has 1 heterocycles. The van der Waals surface area contributed by atoms with E-state index in [0.717, 1.165) is 26.2 Å². The van der Waals surface area contributed by atoms with Crippen molar-refractivity contribution in [3.8, 4) is 0 Å². The molecular formula is C12H17ClN2O. The van der Waals surface area contributed by atoms with Crippen molar-refractivity contribution in [2.45, 2.75) is 19.0 Å². The third-order valence-electron chi connectivity index (χ3n) is 3.03. The number of benzene rings is 1. The van der Waals surface area contributed by atoms with E-state index in [1.165, 1.54) is 5.56 Å². The first-order valence-electron chi connectivity index (χ1n) is 5.48. The fraction of sp³-hybridized carbons (Fsp3) is 0.500. The number of nitrogens with zero attached hydrogens (tertiary/aromatic N) is 1. The van der Waals surface area contributed by atoms with E-state index in [4.69, 9.17) is 22.1 Å². The van der Waals surface area contributed by atoms with Crippen LogP contribution >= 0.6 is 11.6 Å². The van der Waals surface area contributed by atoms with Crippen LogP contribution < -0.4 is 5.73 Å². The largest absolute Gasteiger partial charge is 0.398 e. The molecule has 0 amide bonds. The molecule has 0 bridgehead atoms. The van der Waals surface area contributed by atoms with Crippen LogP contribution in [0.3, 0.4) is 0 Å². The second-order valence-electron chi connectivity index (χ2n) is 4.29. The van der Waals surface area contributed by atoms with Gasteiger partial charge in [-0.15, -0.1) is 0 Å². The molecule has 0 spiro atoms. The third-order valence-corrected chi connectivity index (χ3v) is 3.35. The maximum Gasteiger partial charge on any atom is 0.0638 e. The highest BCUT2D eigenvalue weighted by Gasteiger charge is 2.20. The Bertz CT molecular complexity index is 364. The van der Waals surface area contributed by atoms with E-state index in [0.29, 0.717) is 16.8 Å². The molecular weight excluding hydrogens is 224 g/mol. The summed E-state index contributed by atoms with van der Waals surface area (Å²) in [5.41, 5.74) is 7.50. The summed E-state index contributed by atoms with van der Waals surface area (Å²) in [6.45, 7) is 2.59. The Labute approximate surface area is 101 Å². The van der Waals surface area contributed by atoms with E-state index in [1.54, 1.807) is 0 Å². The summed E-state index contributed by atoms with van der Waals surface area (Å²) in [4.78, 5) is 2.30. The van der Waals surface area contributed by atoms with Gasteiger partial charge >= 0.3 is 0 Å². The monoisotopic (exact) mass is 240 g/mol. The van der Waals surface area contributed by atoms with Gasteiger partial charge < -0.3 is 10.5 Å². The van der Waals surface area contributed by atoms with Gasteiger partial charge in [0.15, 0.2) is 0 Å². The zero-order valence-electron chi connectivity index (χ0n) is 9.45. The highest BCUT2D eigenvalue weighted by Crippen LogP contribution is 2.21. The van der Waals surface area contributed by atoms with Gasteiger partial charge in [0.25, 0.3) is 0 Å². The number of halogens is 1. The van der Waals surface area contributed by atoms with Gasteiger partial charge in [-0.3, -0.25) is 4.90 Å². The lowest BCUT2D eigenvalue weighted by Crippen LogP contribution is -2.31. The van der Waals surface area contributed by atoms with Crippen molar-refractivity contribution in [2.75, 3.05) is 26.0 Å². The highest BCUT2D eigenvalue weighted by atomic mass is 35.5. The molecule has 0 saturated carbocycles. The topological polar surface area (TPSA) is 38.5 Å². The summed E-state index contributed by atoms with van der Waals surface area (Å²) in [5.74, 6) is 0. The minimum atomic E-state index is 0.524. The Kier molecular flexibility index (Phi) is 3.69. The molecule has 88 valence electrons. The van der Waals surface area contributed by atoms with Crippen molar-refractivity contribution in [1.82, 2.24) is 4.90 Å². The second kappa shape index (κ2) is 5.04. The van der Waals surface area contributed by atoms with E-state index in [9.17, 15) is 0 Å². The summed E-state index contributed by atoms with van der Waals surface area (Å²) in [5, 5.41) is 0.633. The smallest absolute Gasteiger partial charge is 0.0638 e. The number of ether oxygens (including phenoxy) is 1. The highest BCUT2D eigenvalue weighted by molar-refractivity contribution is 6.33. The van der Waals surface area contributed by atoms with Crippen LogP contribution in [0.1, 0.15) is 12.0 Å². The first kappa shape index (κ1) is 11.7. The molecule has 4 heteroatoms. The molecule has 1 aromatic carbocycles. The van der Waals surface area contributed by atoms with Crippen LogP contribution in [0.25, 0.3) is 0 Å². The summed E-state index contributed by atoms with van der Waals surface area (Å²) >= 11 is 5.99. The Morgan fingerprint density at radius 2 is 2.38 bits per heavy atom. The quantitative estimate of drug-likeness (QED) is 0.823. The van der Waals surface area contributed by atoms with Gasteiger partial charge in [0, 0.05) is 19.2 Å². The predicted octanol–water partition coefficient (Wildman–Crippen LogP) is 2.14. The molecule has 0 aromatic heterocycles. The molecule has 1 atom stereocenters. The van der Waals surface area contributed by atoms with E-state index >= 15 is 0 Å². The first-order chi connectivity index (χ1) is 7.66. The van der Waals surface area contributed by atoms with Gasteiger partial charge in [0.1, 0.15) is 0 Å². The van der Waals surface area contributed by atoms with Crippen LogP contribution in [0.2, 0.25) is 5.02 Å². The van der Waals surface area contributed by atoms with Crippen molar-refractivity contribution in [2.24, 2.45) is 0 Å². The number of rotatable bonds is 3. The lowest BCUT2D eigenvalue weighted by Gasteiger charge is -2.22. The van der Waals surface area contributed by atoms with Crippen molar-refractivity contribution < 1.29 is 4.74 Å². The Morgan fingerprint density at radius 3 is 3.00 bits per heavy atom. The van der Waals surface area contributed by atoms with E-state index < -0.39 is 0 Å². The van der Waals surface area contributed by atoms with Crippen LogP contribution in [0.4, 0.5) is 5.69 Å². The van der Waals surface area contributed by atoms with E-state index in [-0.39, 0.29) is 0 Å². The molecule has 1 saturated heterocycles. The molecule has 1 aromatic rings. The van der Waals surface area contributed by atoms with Gasteiger partial charge in [-0.2, -0.15) is 0 Å². The molecule has 0 radical (unpaired) electrons. The fourth-order valence-electron chi connectivity index (χ4n) is 1.96. The number of hydrogen-bond donors (Lipinski definition) is 1. The fourth-order valence-corrected chi connectivity index (χ4v) is 2.16. The lowest BCUT2D eigenvalue weighted by molar-refractivity contribution is 0.156. The molecule has 2 rings (SSSR count). The lowest BCUT2D eigenvalue weighted by atomic mass is 10.1. The molecule has 1 aliphatic heterocycles. The molecule has 3 nitrogen and oxygen atoms in total. The Balaban J connectivity index is 1.99. The van der Waals surface area contributed by atoms with E-state index in [1.807, 2.05) is 18.2 Å². The minimum Gasteiger partial charge on any atom is -0.398 e. The second-order valence-corrected chi connectivity index (χ2v) is 4.70. The standard InChI is InChI=1S/C12H17ClN2O/c1-15(10-4-5-16-8-10)7-9-2-3-12(14)11(13)6-9/h2-3,6,10H,4-5,7-8,14H2,1H3. The molecule has 1 unspecified atom stereocenters. The summed E-state index contributed by atoms with van der Waals surface area (Å²) < 4.78 is 5.37.